The first-order chi connectivity index (χ1) is 8.72. The number of nitrogens with zero attached hydrogens (tertiary/aromatic N) is 2. The number of rotatable bonds is 5. The smallest absolute Gasteiger partial charge is 0.0951 e. The van der Waals surface area contributed by atoms with Gasteiger partial charge in [-0.15, -0.1) is 11.8 Å². The first kappa shape index (κ1) is 13.0. The lowest BCUT2D eigenvalue weighted by molar-refractivity contribution is 0.577. The normalized spacial score (nSPS) is 10.9. The van der Waals surface area contributed by atoms with E-state index in [1.165, 1.54) is 16.3 Å². The SMILES string of the molecule is CSc1ccccc1NCc1cncn1C(C)C. The molecule has 2 aromatic rings. The molecule has 0 saturated heterocycles. The minimum Gasteiger partial charge on any atom is -0.379 e. The van der Waals surface area contributed by atoms with E-state index < -0.39 is 0 Å². The molecule has 0 aliphatic rings. The van der Waals surface area contributed by atoms with Crippen LogP contribution in [0, 0.1) is 0 Å². The zero-order valence-corrected chi connectivity index (χ0v) is 11.9. The molecule has 0 fully saturated rings. The Morgan fingerprint density at radius 3 is 2.83 bits per heavy atom. The molecule has 0 aliphatic carbocycles. The molecule has 18 heavy (non-hydrogen) atoms. The van der Waals surface area contributed by atoms with Crippen LogP contribution in [0.25, 0.3) is 0 Å². The lowest BCUT2D eigenvalue weighted by atomic mass is 10.3. The molecular formula is C14H19N3S. The molecule has 0 atom stereocenters. The van der Waals surface area contributed by atoms with Gasteiger partial charge in [0.25, 0.3) is 0 Å². The van der Waals surface area contributed by atoms with Crippen molar-refractivity contribution < 1.29 is 0 Å². The third kappa shape index (κ3) is 2.88. The van der Waals surface area contributed by atoms with Gasteiger partial charge < -0.3 is 9.88 Å². The zero-order valence-electron chi connectivity index (χ0n) is 11.1. The average Bonchev–Trinajstić information content (AvgIpc) is 2.85. The fourth-order valence-corrected chi connectivity index (χ4v) is 2.49. The van der Waals surface area contributed by atoms with E-state index in [0.29, 0.717) is 6.04 Å². The molecule has 4 heteroatoms. The van der Waals surface area contributed by atoms with Crippen molar-refractivity contribution in [2.75, 3.05) is 11.6 Å². The summed E-state index contributed by atoms with van der Waals surface area (Å²) in [6.45, 7) is 5.14. The first-order valence-electron chi connectivity index (χ1n) is 6.10. The Kier molecular flexibility index (Phi) is 4.31. The number of aromatic nitrogens is 2. The topological polar surface area (TPSA) is 29.9 Å². The molecule has 0 radical (unpaired) electrons. The molecule has 0 saturated carbocycles. The highest BCUT2D eigenvalue weighted by Gasteiger charge is 2.06. The summed E-state index contributed by atoms with van der Waals surface area (Å²) in [6.07, 6.45) is 5.91. The van der Waals surface area contributed by atoms with E-state index in [2.05, 4.69) is 59.2 Å². The van der Waals surface area contributed by atoms with E-state index in [9.17, 15) is 0 Å². The van der Waals surface area contributed by atoms with Crippen molar-refractivity contribution in [1.29, 1.82) is 0 Å². The average molecular weight is 261 g/mol. The van der Waals surface area contributed by atoms with Gasteiger partial charge in [0.1, 0.15) is 0 Å². The van der Waals surface area contributed by atoms with Crippen LogP contribution in [-0.4, -0.2) is 15.8 Å². The van der Waals surface area contributed by atoms with Crippen molar-refractivity contribution in [3.05, 3.63) is 42.5 Å². The monoisotopic (exact) mass is 261 g/mol. The van der Waals surface area contributed by atoms with Crippen LogP contribution in [0.1, 0.15) is 25.6 Å². The van der Waals surface area contributed by atoms with Gasteiger partial charge in [-0.3, -0.25) is 0 Å². The summed E-state index contributed by atoms with van der Waals surface area (Å²) in [7, 11) is 0. The predicted octanol–water partition coefficient (Wildman–Crippen LogP) is 3.80. The van der Waals surface area contributed by atoms with Crippen molar-refractivity contribution >= 4 is 17.4 Å². The highest BCUT2D eigenvalue weighted by molar-refractivity contribution is 7.98. The van der Waals surface area contributed by atoms with Crippen LogP contribution in [0.2, 0.25) is 0 Å². The highest BCUT2D eigenvalue weighted by atomic mass is 32.2. The molecule has 1 aromatic heterocycles. The van der Waals surface area contributed by atoms with Gasteiger partial charge in [-0.2, -0.15) is 0 Å². The van der Waals surface area contributed by atoms with Crippen molar-refractivity contribution in [2.45, 2.75) is 31.3 Å². The Hall–Kier alpha value is -1.42. The zero-order chi connectivity index (χ0) is 13.0. The van der Waals surface area contributed by atoms with Crippen LogP contribution in [0.15, 0.2) is 41.7 Å². The van der Waals surface area contributed by atoms with Crippen molar-refractivity contribution in [3.63, 3.8) is 0 Å². The number of hydrogen-bond acceptors (Lipinski definition) is 3. The van der Waals surface area contributed by atoms with E-state index in [1.807, 2.05) is 12.5 Å². The summed E-state index contributed by atoms with van der Waals surface area (Å²) < 4.78 is 2.19. The van der Waals surface area contributed by atoms with Crippen LogP contribution < -0.4 is 5.32 Å². The minimum absolute atomic E-state index is 0.445. The molecule has 0 aliphatic heterocycles. The molecule has 96 valence electrons. The molecule has 0 unspecified atom stereocenters. The maximum absolute atomic E-state index is 4.22. The van der Waals surface area contributed by atoms with Gasteiger partial charge in [0.15, 0.2) is 0 Å². The predicted molar refractivity (Wildman–Crippen MR) is 78.2 cm³/mol. The van der Waals surface area contributed by atoms with Gasteiger partial charge in [0, 0.05) is 22.8 Å². The van der Waals surface area contributed by atoms with Gasteiger partial charge >= 0.3 is 0 Å². The van der Waals surface area contributed by atoms with Crippen molar-refractivity contribution in [2.24, 2.45) is 0 Å². The van der Waals surface area contributed by atoms with Crippen molar-refractivity contribution in [1.82, 2.24) is 9.55 Å². The Morgan fingerprint density at radius 2 is 2.11 bits per heavy atom. The fourth-order valence-electron chi connectivity index (χ4n) is 1.91. The second kappa shape index (κ2) is 5.96. The van der Waals surface area contributed by atoms with Gasteiger partial charge in [-0.25, -0.2) is 4.98 Å². The van der Waals surface area contributed by atoms with Crippen LogP contribution in [-0.2, 0) is 6.54 Å². The molecule has 2 rings (SSSR count). The summed E-state index contributed by atoms with van der Waals surface area (Å²) in [5, 5.41) is 3.48. The molecule has 1 N–H and O–H groups in total. The third-order valence-electron chi connectivity index (χ3n) is 2.87. The van der Waals surface area contributed by atoms with Crippen LogP contribution >= 0.6 is 11.8 Å². The highest BCUT2D eigenvalue weighted by Crippen LogP contribution is 2.25. The Bertz CT molecular complexity index is 505. The second-order valence-corrected chi connectivity index (χ2v) is 5.29. The van der Waals surface area contributed by atoms with E-state index in [1.54, 1.807) is 11.8 Å². The van der Waals surface area contributed by atoms with Crippen LogP contribution in [0.3, 0.4) is 0 Å². The maximum atomic E-state index is 4.22. The Morgan fingerprint density at radius 1 is 1.33 bits per heavy atom. The number of benzene rings is 1. The molecule has 3 nitrogen and oxygen atoms in total. The lowest BCUT2D eigenvalue weighted by Crippen LogP contribution is -2.09. The van der Waals surface area contributed by atoms with Gasteiger partial charge in [-0.05, 0) is 32.2 Å². The number of para-hydroxylation sites is 1. The lowest BCUT2D eigenvalue weighted by Gasteiger charge is -2.14. The Balaban J connectivity index is 2.09. The van der Waals surface area contributed by atoms with E-state index in [0.717, 1.165) is 6.54 Å². The Labute approximate surface area is 113 Å². The second-order valence-electron chi connectivity index (χ2n) is 4.44. The molecule has 0 spiro atoms. The standard InChI is InChI=1S/C14H19N3S/c1-11(2)17-10-15-8-12(17)9-16-13-6-4-5-7-14(13)18-3/h4-8,10-11,16H,9H2,1-3H3. The van der Waals surface area contributed by atoms with Gasteiger partial charge in [0.05, 0.1) is 18.6 Å². The summed E-state index contributed by atoms with van der Waals surface area (Å²) >= 11 is 1.76. The third-order valence-corrected chi connectivity index (χ3v) is 3.67. The number of hydrogen-bond donors (Lipinski definition) is 1. The number of imidazole rings is 1. The molecule has 1 aromatic carbocycles. The van der Waals surface area contributed by atoms with E-state index in [4.69, 9.17) is 0 Å². The molecule has 0 amide bonds. The van der Waals surface area contributed by atoms with Crippen molar-refractivity contribution in [3.8, 4) is 0 Å². The van der Waals surface area contributed by atoms with Gasteiger partial charge in [0.2, 0.25) is 0 Å². The summed E-state index contributed by atoms with van der Waals surface area (Å²) in [5.74, 6) is 0. The maximum Gasteiger partial charge on any atom is 0.0951 e. The number of nitrogens with one attached hydrogen (secondary N) is 1. The van der Waals surface area contributed by atoms with Gasteiger partial charge in [-0.1, -0.05) is 12.1 Å². The quantitative estimate of drug-likeness (QED) is 0.830. The summed E-state index contributed by atoms with van der Waals surface area (Å²) in [4.78, 5) is 5.49. The fraction of sp³-hybridized carbons (Fsp3) is 0.357. The first-order valence-corrected chi connectivity index (χ1v) is 7.32. The molecule has 0 bridgehead atoms. The number of thioether (sulfide) groups is 1. The molecule has 1 heterocycles. The van der Waals surface area contributed by atoms with Crippen LogP contribution in [0.5, 0.6) is 0 Å². The minimum atomic E-state index is 0.445. The summed E-state index contributed by atoms with van der Waals surface area (Å²) in [5.41, 5.74) is 2.39. The number of anilines is 1. The van der Waals surface area contributed by atoms with Crippen LogP contribution in [0.4, 0.5) is 5.69 Å². The van der Waals surface area contributed by atoms with E-state index >= 15 is 0 Å². The van der Waals surface area contributed by atoms with E-state index in [-0.39, 0.29) is 0 Å². The summed E-state index contributed by atoms with van der Waals surface area (Å²) in [6, 6.07) is 8.81. The largest absolute Gasteiger partial charge is 0.379 e. The molecular weight excluding hydrogens is 242 g/mol.